The van der Waals surface area contributed by atoms with Crippen LogP contribution in [0.25, 0.3) is 0 Å². The molecule has 2 aromatic carbocycles. The Labute approximate surface area is 207 Å². The van der Waals surface area contributed by atoms with Gasteiger partial charge in [-0.3, -0.25) is 9.69 Å². The molecule has 1 aliphatic heterocycles. The van der Waals surface area contributed by atoms with Crippen molar-refractivity contribution < 1.29 is 24.2 Å². The highest BCUT2D eigenvalue weighted by Gasteiger charge is 2.30. The molecule has 4 rings (SSSR count). The van der Waals surface area contributed by atoms with E-state index in [2.05, 4.69) is 19.1 Å². The van der Waals surface area contributed by atoms with E-state index in [1.807, 2.05) is 21.9 Å². The van der Waals surface area contributed by atoms with Crippen LogP contribution in [0.5, 0.6) is 11.5 Å². The van der Waals surface area contributed by atoms with E-state index in [0.29, 0.717) is 43.5 Å². The van der Waals surface area contributed by atoms with Gasteiger partial charge in [-0.25, -0.2) is 4.79 Å². The lowest BCUT2D eigenvalue weighted by Crippen LogP contribution is -2.49. The van der Waals surface area contributed by atoms with Gasteiger partial charge in [0, 0.05) is 30.4 Å². The third-order valence-electron chi connectivity index (χ3n) is 6.71. The summed E-state index contributed by atoms with van der Waals surface area (Å²) in [5, 5.41) is 9.07. The number of anilines is 1. The van der Waals surface area contributed by atoms with Crippen LogP contribution in [0, 0.1) is 0 Å². The van der Waals surface area contributed by atoms with E-state index < -0.39 is 5.97 Å². The topological polar surface area (TPSA) is 79.3 Å². The maximum Gasteiger partial charge on any atom is 0.324 e. The molecule has 2 aliphatic rings. The van der Waals surface area contributed by atoms with Crippen molar-refractivity contribution in [2.45, 2.75) is 64.3 Å². The molecule has 7 heteroatoms. The summed E-state index contributed by atoms with van der Waals surface area (Å²) in [5.41, 5.74) is 3.67. The smallest absolute Gasteiger partial charge is 0.324 e. The number of ether oxygens (including phenoxy) is 2. The molecule has 0 unspecified atom stereocenters. The van der Waals surface area contributed by atoms with Crippen LogP contribution in [0.2, 0.25) is 0 Å². The van der Waals surface area contributed by atoms with Crippen LogP contribution < -0.4 is 14.4 Å². The SMILES string of the molecule is CCCCCOc1cc(N2CCCN(Cc3ccc(CC(=O)O)cc3OC)C2=O)ccc1C1CC1. The molecule has 7 nitrogen and oxygen atoms in total. The van der Waals surface area contributed by atoms with Crippen molar-refractivity contribution in [3.63, 3.8) is 0 Å². The van der Waals surface area contributed by atoms with Crippen LogP contribution in [-0.2, 0) is 17.8 Å². The Bertz CT molecular complexity index is 1050. The Morgan fingerprint density at radius 3 is 2.63 bits per heavy atom. The number of urea groups is 1. The number of benzene rings is 2. The Kier molecular flexibility index (Phi) is 8.16. The van der Waals surface area contributed by atoms with Gasteiger partial charge < -0.3 is 19.5 Å². The fourth-order valence-electron chi connectivity index (χ4n) is 4.66. The number of carbonyl (C=O) groups is 2. The van der Waals surface area contributed by atoms with Gasteiger partial charge in [0.15, 0.2) is 0 Å². The Hall–Kier alpha value is -3.22. The van der Waals surface area contributed by atoms with Crippen molar-refractivity contribution in [2.24, 2.45) is 0 Å². The van der Waals surface area contributed by atoms with Crippen LogP contribution in [0.3, 0.4) is 0 Å². The molecule has 1 heterocycles. The zero-order valence-electron chi connectivity index (χ0n) is 20.8. The summed E-state index contributed by atoms with van der Waals surface area (Å²) >= 11 is 0. The molecule has 1 aliphatic carbocycles. The molecular weight excluding hydrogens is 444 g/mol. The molecule has 0 radical (unpaired) electrons. The monoisotopic (exact) mass is 480 g/mol. The lowest BCUT2D eigenvalue weighted by atomic mass is 10.1. The number of amides is 2. The van der Waals surface area contributed by atoms with E-state index in [1.165, 1.54) is 18.4 Å². The molecule has 0 bridgehead atoms. The third-order valence-corrected chi connectivity index (χ3v) is 6.71. The number of carboxylic acid groups (broad SMARTS) is 1. The maximum atomic E-state index is 13.5. The first-order chi connectivity index (χ1) is 17.0. The van der Waals surface area contributed by atoms with Crippen molar-refractivity contribution in [2.75, 3.05) is 31.7 Å². The zero-order valence-corrected chi connectivity index (χ0v) is 20.8. The number of hydrogen-bond acceptors (Lipinski definition) is 4. The maximum absolute atomic E-state index is 13.5. The zero-order chi connectivity index (χ0) is 24.8. The fourth-order valence-corrected chi connectivity index (χ4v) is 4.66. The van der Waals surface area contributed by atoms with Crippen molar-refractivity contribution >= 4 is 17.7 Å². The molecular formula is C28H36N2O5. The van der Waals surface area contributed by atoms with E-state index in [-0.39, 0.29) is 12.5 Å². The molecule has 0 aromatic heterocycles. The summed E-state index contributed by atoms with van der Waals surface area (Å²) in [7, 11) is 1.57. The second-order valence-corrected chi connectivity index (χ2v) is 9.48. The van der Waals surface area contributed by atoms with Crippen molar-refractivity contribution in [3.8, 4) is 11.5 Å². The van der Waals surface area contributed by atoms with E-state index in [9.17, 15) is 9.59 Å². The van der Waals surface area contributed by atoms with E-state index in [4.69, 9.17) is 14.6 Å². The van der Waals surface area contributed by atoms with Crippen LogP contribution in [0.4, 0.5) is 10.5 Å². The highest BCUT2D eigenvalue weighted by atomic mass is 16.5. The first-order valence-corrected chi connectivity index (χ1v) is 12.7. The molecule has 0 atom stereocenters. The minimum atomic E-state index is -0.886. The number of nitrogens with zero attached hydrogens (tertiary/aromatic N) is 2. The number of aliphatic carboxylic acids is 1. The number of methoxy groups -OCH3 is 1. The van der Waals surface area contributed by atoms with E-state index >= 15 is 0 Å². The standard InChI is InChI=1S/C28H36N2O5/c1-3-4-5-15-35-26-18-23(11-12-24(26)21-9-10-21)30-14-6-13-29(28(30)33)19-22-8-7-20(17-27(31)32)16-25(22)34-2/h7-8,11-12,16,18,21H,3-6,9-10,13-15,17,19H2,1-2H3,(H,31,32). The van der Waals surface area contributed by atoms with Crippen LogP contribution in [0.1, 0.15) is 68.1 Å². The fraction of sp³-hybridized carbons (Fsp3) is 0.500. The molecule has 1 saturated carbocycles. The summed E-state index contributed by atoms with van der Waals surface area (Å²) < 4.78 is 11.7. The predicted octanol–water partition coefficient (Wildman–Crippen LogP) is 5.60. The first-order valence-electron chi connectivity index (χ1n) is 12.7. The number of hydrogen-bond donors (Lipinski definition) is 1. The van der Waals surface area contributed by atoms with Crippen molar-refractivity contribution in [1.29, 1.82) is 0 Å². The summed E-state index contributed by atoms with van der Waals surface area (Å²) in [6.45, 7) is 4.63. The average molecular weight is 481 g/mol. The highest BCUT2D eigenvalue weighted by molar-refractivity contribution is 5.93. The van der Waals surface area contributed by atoms with Crippen LogP contribution in [-0.4, -0.2) is 48.8 Å². The van der Waals surface area contributed by atoms with Gasteiger partial charge in [0.2, 0.25) is 0 Å². The minimum absolute atomic E-state index is 0.0379. The lowest BCUT2D eigenvalue weighted by molar-refractivity contribution is -0.136. The third kappa shape index (κ3) is 6.27. The molecule has 1 saturated heterocycles. The lowest BCUT2D eigenvalue weighted by Gasteiger charge is -2.36. The molecule has 2 amide bonds. The second-order valence-electron chi connectivity index (χ2n) is 9.48. The first kappa shape index (κ1) is 24.9. The van der Waals surface area contributed by atoms with Crippen LogP contribution >= 0.6 is 0 Å². The molecule has 1 N–H and O–H groups in total. The molecule has 2 aromatic rings. The van der Waals surface area contributed by atoms with Gasteiger partial charge in [0.25, 0.3) is 0 Å². The van der Waals surface area contributed by atoms with Gasteiger partial charge >= 0.3 is 12.0 Å². The number of carbonyl (C=O) groups excluding carboxylic acids is 1. The van der Waals surface area contributed by atoms with Gasteiger partial charge in [0.05, 0.1) is 26.7 Å². The number of carboxylic acids is 1. The minimum Gasteiger partial charge on any atom is -0.496 e. The second kappa shape index (κ2) is 11.5. The molecule has 35 heavy (non-hydrogen) atoms. The van der Waals surface area contributed by atoms with Crippen molar-refractivity contribution in [1.82, 2.24) is 4.90 Å². The van der Waals surface area contributed by atoms with E-state index in [0.717, 1.165) is 42.7 Å². The van der Waals surface area contributed by atoms with E-state index in [1.54, 1.807) is 19.2 Å². The Balaban J connectivity index is 1.49. The predicted molar refractivity (Wildman–Crippen MR) is 136 cm³/mol. The van der Waals surface area contributed by atoms with Gasteiger partial charge in [0.1, 0.15) is 11.5 Å². The quantitative estimate of drug-likeness (QED) is 0.400. The molecule has 0 spiro atoms. The summed E-state index contributed by atoms with van der Waals surface area (Å²) in [4.78, 5) is 28.2. The Morgan fingerprint density at radius 1 is 1.09 bits per heavy atom. The number of rotatable bonds is 12. The van der Waals surface area contributed by atoms with Gasteiger partial charge in [-0.1, -0.05) is 38.0 Å². The van der Waals surface area contributed by atoms with Gasteiger partial charge in [-0.05, 0) is 54.9 Å². The normalized spacial score (nSPS) is 15.9. The largest absolute Gasteiger partial charge is 0.496 e. The van der Waals surface area contributed by atoms with Gasteiger partial charge in [-0.2, -0.15) is 0 Å². The summed E-state index contributed by atoms with van der Waals surface area (Å²) in [6.07, 6.45) is 6.55. The van der Waals surface area contributed by atoms with Crippen LogP contribution in [0.15, 0.2) is 36.4 Å². The summed E-state index contributed by atoms with van der Waals surface area (Å²) in [6, 6.07) is 11.6. The highest BCUT2D eigenvalue weighted by Crippen LogP contribution is 2.45. The molecule has 2 fully saturated rings. The van der Waals surface area contributed by atoms with Gasteiger partial charge in [-0.15, -0.1) is 0 Å². The number of unbranched alkanes of at least 4 members (excludes halogenated alkanes) is 2. The average Bonchev–Trinajstić information content (AvgIpc) is 3.69. The molecule has 188 valence electrons. The summed E-state index contributed by atoms with van der Waals surface area (Å²) in [5.74, 6) is 1.21. The Morgan fingerprint density at radius 2 is 1.91 bits per heavy atom. The van der Waals surface area contributed by atoms with Crippen molar-refractivity contribution in [3.05, 3.63) is 53.1 Å².